The Morgan fingerprint density at radius 1 is 0.932 bits per heavy atom. The molecule has 0 saturated heterocycles. The fraction of sp³-hybridized carbons (Fsp3) is 0.400. The second kappa shape index (κ2) is 14.0. The lowest BCUT2D eigenvalue weighted by molar-refractivity contribution is -0.166. The standard InChI is InChI=1S/C30H37F2N3O8S/c1-17(26(37)35-28(33)34)12-18-13-22(31)25(23(32)14-18)41-20-8-10-21(11-9-20)44(39,40)16-19(27(38)43-30(5,6)7)15-24(36)42-29(2,3)4/h8-14,19H,15-16H2,1-7H3,(H4,33,34,35,37)/b17-12+. The van der Waals surface area contributed by atoms with Gasteiger partial charge in [0.05, 0.1) is 23.0 Å². The molecule has 0 heterocycles. The van der Waals surface area contributed by atoms with Gasteiger partial charge >= 0.3 is 11.9 Å². The summed E-state index contributed by atoms with van der Waals surface area (Å²) in [5.74, 6) is -8.09. The summed E-state index contributed by atoms with van der Waals surface area (Å²) >= 11 is 0. The maximum Gasteiger partial charge on any atom is 0.311 e. The first-order valence-electron chi connectivity index (χ1n) is 13.3. The Labute approximate surface area is 255 Å². The molecule has 0 aliphatic rings. The van der Waals surface area contributed by atoms with Gasteiger partial charge in [0.1, 0.15) is 17.0 Å². The van der Waals surface area contributed by atoms with Crippen LogP contribution >= 0.6 is 0 Å². The van der Waals surface area contributed by atoms with Crippen molar-refractivity contribution >= 4 is 39.7 Å². The fourth-order valence-electron chi connectivity index (χ4n) is 3.65. The van der Waals surface area contributed by atoms with Gasteiger partial charge in [-0.2, -0.15) is 4.99 Å². The number of guanidine groups is 1. The zero-order valence-electron chi connectivity index (χ0n) is 25.6. The van der Waals surface area contributed by atoms with Gasteiger partial charge in [0.2, 0.25) is 0 Å². The molecule has 1 atom stereocenters. The number of aliphatic imine (C=N–C) groups is 1. The van der Waals surface area contributed by atoms with Crippen LogP contribution in [0.1, 0.15) is 60.5 Å². The van der Waals surface area contributed by atoms with E-state index in [1.165, 1.54) is 25.1 Å². The highest BCUT2D eigenvalue weighted by molar-refractivity contribution is 7.91. The molecule has 2 aromatic rings. The molecule has 0 bridgehead atoms. The molecule has 240 valence electrons. The Bertz CT molecular complexity index is 1550. The molecular weight excluding hydrogens is 600 g/mol. The molecule has 0 aliphatic carbocycles. The average molecular weight is 638 g/mol. The SMILES string of the molecule is C/C(=C\c1cc(F)c(Oc2ccc(S(=O)(=O)CC(CC(=O)OC(C)(C)C)C(=O)OC(C)(C)C)cc2)c(F)c1)C(=O)N=C(N)N. The topological polar surface area (TPSA) is 177 Å². The van der Waals surface area contributed by atoms with E-state index < -0.39 is 80.3 Å². The first-order valence-corrected chi connectivity index (χ1v) is 15.0. The molecular formula is C30H37F2N3O8S. The molecule has 0 radical (unpaired) electrons. The summed E-state index contributed by atoms with van der Waals surface area (Å²) in [5.41, 5.74) is 8.55. The number of hydrogen-bond donors (Lipinski definition) is 2. The van der Waals surface area contributed by atoms with E-state index in [2.05, 4.69) is 4.99 Å². The van der Waals surface area contributed by atoms with Gasteiger partial charge in [-0.25, -0.2) is 17.2 Å². The second-order valence-electron chi connectivity index (χ2n) is 11.9. The van der Waals surface area contributed by atoms with Crippen molar-refractivity contribution in [3.05, 3.63) is 59.2 Å². The van der Waals surface area contributed by atoms with Crippen LogP contribution in [0, 0.1) is 17.6 Å². The van der Waals surface area contributed by atoms with Gasteiger partial charge in [0.15, 0.2) is 33.2 Å². The minimum absolute atomic E-state index is 0.00337. The van der Waals surface area contributed by atoms with E-state index in [1.54, 1.807) is 41.5 Å². The number of carbonyl (C=O) groups is 3. The predicted molar refractivity (Wildman–Crippen MR) is 159 cm³/mol. The minimum atomic E-state index is -4.16. The molecule has 0 spiro atoms. The fourth-order valence-corrected chi connectivity index (χ4v) is 5.18. The van der Waals surface area contributed by atoms with Crippen LogP contribution in [0.15, 0.2) is 51.9 Å². The zero-order chi connectivity index (χ0) is 33.6. The number of hydrogen-bond acceptors (Lipinski definition) is 8. The highest BCUT2D eigenvalue weighted by Crippen LogP contribution is 2.31. The highest BCUT2D eigenvalue weighted by atomic mass is 32.2. The van der Waals surface area contributed by atoms with Gasteiger partial charge in [-0.3, -0.25) is 14.4 Å². The molecule has 44 heavy (non-hydrogen) atoms. The minimum Gasteiger partial charge on any atom is -0.460 e. The monoisotopic (exact) mass is 637 g/mol. The Kier molecular flexibility index (Phi) is 11.4. The maximum atomic E-state index is 14.7. The number of sulfone groups is 1. The summed E-state index contributed by atoms with van der Waals surface area (Å²) in [6, 6.07) is 6.46. The third kappa shape index (κ3) is 11.4. The Balaban J connectivity index is 2.27. The molecule has 0 saturated carbocycles. The molecule has 11 nitrogen and oxygen atoms in total. The van der Waals surface area contributed by atoms with E-state index in [-0.39, 0.29) is 21.8 Å². The highest BCUT2D eigenvalue weighted by Gasteiger charge is 2.34. The summed E-state index contributed by atoms with van der Waals surface area (Å²) in [4.78, 5) is 40.2. The normalized spacial score (nSPS) is 13.1. The van der Waals surface area contributed by atoms with Crippen molar-refractivity contribution in [2.24, 2.45) is 22.4 Å². The zero-order valence-corrected chi connectivity index (χ0v) is 26.4. The van der Waals surface area contributed by atoms with E-state index in [9.17, 15) is 31.6 Å². The van der Waals surface area contributed by atoms with Crippen molar-refractivity contribution in [1.29, 1.82) is 0 Å². The molecule has 0 aromatic heterocycles. The van der Waals surface area contributed by atoms with Crippen LogP contribution in [0.25, 0.3) is 6.08 Å². The first-order chi connectivity index (χ1) is 20.1. The van der Waals surface area contributed by atoms with E-state index >= 15 is 0 Å². The molecule has 14 heteroatoms. The van der Waals surface area contributed by atoms with Crippen molar-refractivity contribution in [3.8, 4) is 11.5 Å². The summed E-state index contributed by atoms with van der Waals surface area (Å²) < 4.78 is 71.8. The van der Waals surface area contributed by atoms with Gasteiger partial charge in [0.25, 0.3) is 5.91 Å². The van der Waals surface area contributed by atoms with E-state index in [1.807, 2.05) is 0 Å². The number of nitrogens with zero attached hydrogens (tertiary/aromatic N) is 1. The summed E-state index contributed by atoms with van der Waals surface area (Å²) in [6.45, 7) is 11.1. The number of ether oxygens (including phenoxy) is 3. The molecule has 2 aromatic carbocycles. The molecule has 2 rings (SSSR count). The van der Waals surface area contributed by atoms with Crippen LogP contribution in [0.2, 0.25) is 0 Å². The number of rotatable bonds is 10. The van der Waals surface area contributed by atoms with Gasteiger partial charge in [-0.1, -0.05) is 0 Å². The van der Waals surface area contributed by atoms with E-state index in [0.717, 1.165) is 24.3 Å². The average Bonchev–Trinajstić information content (AvgIpc) is 2.83. The lowest BCUT2D eigenvalue weighted by Gasteiger charge is -2.25. The van der Waals surface area contributed by atoms with Crippen molar-refractivity contribution in [3.63, 3.8) is 0 Å². The smallest absolute Gasteiger partial charge is 0.311 e. The molecule has 0 aliphatic heterocycles. The number of nitrogens with two attached hydrogens (primary N) is 2. The molecule has 1 unspecified atom stereocenters. The Hall–Kier alpha value is -4.33. The van der Waals surface area contributed by atoms with Crippen molar-refractivity contribution < 1.29 is 45.8 Å². The molecule has 0 fully saturated rings. The maximum absolute atomic E-state index is 14.7. The van der Waals surface area contributed by atoms with Crippen molar-refractivity contribution in [1.82, 2.24) is 0 Å². The lowest BCUT2D eigenvalue weighted by atomic mass is 10.1. The molecule has 4 N–H and O–H groups in total. The van der Waals surface area contributed by atoms with E-state index in [4.69, 9.17) is 25.7 Å². The third-order valence-corrected chi connectivity index (χ3v) is 7.20. The van der Waals surface area contributed by atoms with Gasteiger partial charge < -0.3 is 25.7 Å². The van der Waals surface area contributed by atoms with Crippen molar-refractivity contribution in [2.45, 2.75) is 71.0 Å². The van der Waals surface area contributed by atoms with Crippen LogP contribution in [0.5, 0.6) is 11.5 Å². The number of carbonyl (C=O) groups excluding carboxylic acids is 3. The van der Waals surface area contributed by atoms with Gasteiger partial charge in [0, 0.05) is 5.57 Å². The number of esters is 2. The van der Waals surface area contributed by atoms with Gasteiger partial charge in [-0.15, -0.1) is 0 Å². The Morgan fingerprint density at radius 2 is 1.45 bits per heavy atom. The summed E-state index contributed by atoms with van der Waals surface area (Å²) in [6.07, 6.45) is 0.649. The molecule has 1 amide bonds. The van der Waals surface area contributed by atoms with Crippen LogP contribution in [-0.4, -0.2) is 49.2 Å². The quantitative estimate of drug-likeness (QED) is 0.164. The number of halogens is 2. The van der Waals surface area contributed by atoms with E-state index in [0.29, 0.717) is 0 Å². The lowest BCUT2D eigenvalue weighted by Crippen LogP contribution is -2.35. The second-order valence-corrected chi connectivity index (χ2v) is 13.9. The number of amides is 1. The summed E-state index contributed by atoms with van der Waals surface area (Å²) in [5, 5.41) is 0. The third-order valence-electron chi connectivity index (χ3n) is 5.37. The predicted octanol–water partition coefficient (Wildman–Crippen LogP) is 4.42. The largest absolute Gasteiger partial charge is 0.460 e. The first kappa shape index (κ1) is 35.9. The van der Waals surface area contributed by atoms with Crippen LogP contribution in [-0.2, 0) is 33.7 Å². The van der Waals surface area contributed by atoms with Crippen molar-refractivity contribution in [2.75, 3.05) is 5.75 Å². The number of benzene rings is 2. The summed E-state index contributed by atoms with van der Waals surface area (Å²) in [7, 11) is -4.16. The van der Waals surface area contributed by atoms with Crippen LogP contribution in [0.4, 0.5) is 8.78 Å². The van der Waals surface area contributed by atoms with Crippen LogP contribution < -0.4 is 16.2 Å². The van der Waals surface area contributed by atoms with Gasteiger partial charge in [-0.05, 0) is 96.5 Å². The Morgan fingerprint density at radius 3 is 1.93 bits per heavy atom. The van der Waals surface area contributed by atoms with Crippen LogP contribution in [0.3, 0.4) is 0 Å².